The molecule has 0 aliphatic rings. The Bertz CT molecular complexity index is 881. The number of carboxylic acids is 1. The smallest absolute Gasteiger partial charge is 0.335 e. The second-order valence-corrected chi connectivity index (χ2v) is 6.37. The van der Waals surface area contributed by atoms with Crippen molar-refractivity contribution in [1.82, 2.24) is 5.48 Å². The van der Waals surface area contributed by atoms with E-state index in [9.17, 15) is 22.8 Å². The van der Waals surface area contributed by atoms with Crippen LogP contribution < -0.4 is 10.8 Å². The molecule has 0 unspecified atom stereocenters. The van der Waals surface area contributed by atoms with E-state index in [0.29, 0.717) is 9.64 Å². The molecule has 0 aliphatic heterocycles. The lowest BCUT2D eigenvalue weighted by Crippen LogP contribution is -2.32. The highest BCUT2D eigenvalue weighted by molar-refractivity contribution is 14.1. The van der Waals surface area contributed by atoms with E-state index < -0.39 is 53.3 Å². The van der Waals surface area contributed by atoms with Crippen LogP contribution in [0.2, 0.25) is 0 Å². The van der Waals surface area contributed by atoms with Gasteiger partial charge in [-0.1, -0.05) is 0 Å². The normalized spacial score (nSPS) is 11.7. The summed E-state index contributed by atoms with van der Waals surface area (Å²) in [4.78, 5) is 27.1. The van der Waals surface area contributed by atoms with Crippen molar-refractivity contribution in [2.45, 2.75) is 6.10 Å². The molecule has 0 heterocycles. The second kappa shape index (κ2) is 9.01. The van der Waals surface area contributed by atoms with E-state index in [1.165, 1.54) is 12.1 Å². The van der Waals surface area contributed by atoms with Crippen LogP contribution in [-0.4, -0.2) is 34.8 Å². The second-order valence-electron chi connectivity index (χ2n) is 5.13. The maximum atomic E-state index is 14.2. The minimum Gasteiger partial charge on any atom is -0.479 e. The van der Waals surface area contributed by atoms with Crippen LogP contribution in [0, 0.1) is 21.0 Å². The lowest BCUT2D eigenvalue weighted by molar-refractivity contribution is -0.151. The lowest BCUT2D eigenvalue weighted by atomic mass is 10.1. The van der Waals surface area contributed by atoms with Crippen molar-refractivity contribution < 1.29 is 37.8 Å². The summed E-state index contributed by atoms with van der Waals surface area (Å²) in [7, 11) is 0. The molecule has 4 N–H and O–H groups in total. The third-order valence-corrected chi connectivity index (χ3v) is 3.89. The highest BCUT2D eigenvalue weighted by Gasteiger charge is 2.21. The molecule has 2 aromatic rings. The van der Waals surface area contributed by atoms with Crippen molar-refractivity contribution in [2.24, 2.45) is 0 Å². The van der Waals surface area contributed by atoms with Crippen molar-refractivity contribution in [2.75, 3.05) is 11.9 Å². The summed E-state index contributed by atoms with van der Waals surface area (Å²) < 4.78 is 42.3. The minimum absolute atomic E-state index is 0.198. The first-order valence-corrected chi connectivity index (χ1v) is 8.31. The molecular weight excluding hydrogens is 484 g/mol. The molecule has 0 fully saturated rings. The van der Waals surface area contributed by atoms with Crippen molar-refractivity contribution >= 4 is 45.8 Å². The molecule has 0 aliphatic carbocycles. The molecule has 0 aromatic heterocycles. The van der Waals surface area contributed by atoms with Gasteiger partial charge in [0.05, 0.1) is 16.9 Å². The number of hydrogen-bond acceptors (Lipinski definition) is 5. The fourth-order valence-corrected chi connectivity index (χ4v) is 2.35. The van der Waals surface area contributed by atoms with Gasteiger partial charge in [0.2, 0.25) is 0 Å². The van der Waals surface area contributed by atoms with Crippen molar-refractivity contribution in [1.29, 1.82) is 0 Å². The Kier molecular flexibility index (Phi) is 6.98. The first-order valence-electron chi connectivity index (χ1n) is 7.23. The van der Waals surface area contributed by atoms with Gasteiger partial charge in [0.1, 0.15) is 12.4 Å². The van der Waals surface area contributed by atoms with Crippen LogP contribution >= 0.6 is 22.6 Å². The third kappa shape index (κ3) is 5.30. The third-order valence-electron chi connectivity index (χ3n) is 3.22. The number of hydroxylamine groups is 1. The average molecular weight is 496 g/mol. The Balaban J connectivity index is 2.25. The summed E-state index contributed by atoms with van der Waals surface area (Å²) in [5.41, 5.74) is 0.520. The Hall–Kier alpha value is -2.38. The predicted molar refractivity (Wildman–Crippen MR) is 95.8 cm³/mol. The van der Waals surface area contributed by atoms with Crippen LogP contribution in [0.5, 0.6) is 0 Å². The Morgan fingerprint density at radius 2 is 1.85 bits per heavy atom. The number of benzene rings is 2. The van der Waals surface area contributed by atoms with E-state index in [-0.39, 0.29) is 5.69 Å². The Labute approximate surface area is 164 Å². The summed E-state index contributed by atoms with van der Waals surface area (Å²) in [6, 6.07) is 5.56. The summed E-state index contributed by atoms with van der Waals surface area (Å²) in [5.74, 6) is -6.10. The van der Waals surface area contributed by atoms with Gasteiger partial charge < -0.3 is 15.5 Å². The monoisotopic (exact) mass is 496 g/mol. The molecular formula is C16H12F3IN2O5. The van der Waals surface area contributed by atoms with Gasteiger partial charge in [0.25, 0.3) is 5.91 Å². The summed E-state index contributed by atoms with van der Waals surface area (Å²) >= 11 is 1.86. The Morgan fingerprint density at radius 1 is 1.15 bits per heavy atom. The number of anilines is 2. The molecule has 27 heavy (non-hydrogen) atoms. The van der Waals surface area contributed by atoms with Crippen LogP contribution in [-0.2, 0) is 9.63 Å². The molecule has 0 bridgehead atoms. The van der Waals surface area contributed by atoms with E-state index in [2.05, 4.69) is 10.2 Å². The van der Waals surface area contributed by atoms with Gasteiger partial charge in [-0.15, -0.1) is 0 Å². The fourth-order valence-electron chi connectivity index (χ4n) is 1.90. The van der Waals surface area contributed by atoms with Crippen molar-refractivity contribution in [3.8, 4) is 0 Å². The van der Waals surface area contributed by atoms with Crippen LogP contribution in [0.25, 0.3) is 0 Å². The van der Waals surface area contributed by atoms with Crippen LogP contribution in [0.1, 0.15) is 10.4 Å². The molecule has 2 aromatic carbocycles. The average Bonchev–Trinajstić information content (AvgIpc) is 2.60. The van der Waals surface area contributed by atoms with E-state index >= 15 is 0 Å². The molecule has 144 valence electrons. The highest BCUT2D eigenvalue weighted by atomic mass is 127. The zero-order chi connectivity index (χ0) is 20.1. The van der Waals surface area contributed by atoms with E-state index in [1.54, 1.807) is 5.48 Å². The Morgan fingerprint density at radius 3 is 2.48 bits per heavy atom. The first kappa shape index (κ1) is 20.9. The quantitative estimate of drug-likeness (QED) is 0.347. The van der Waals surface area contributed by atoms with Crippen molar-refractivity contribution in [3.63, 3.8) is 0 Å². The number of aliphatic hydroxyl groups is 1. The molecule has 7 nitrogen and oxygen atoms in total. The lowest BCUT2D eigenvalue weighted by Gasteiger charge is -2.14. The molecule has 0 saturated carbocycles. The number of carboxylic acid groups (broad SMARTS) is 1. The topological polar surface area (TPSA) is 108 Å². The van der Waals surface area contributed by atoms with E-state index in [4.69, 9.17) is 10.2 Å². The van der Waals surface area contributed by atoms with Crippen LogP contribution in [0.3, 0.4) is 0 Å². The van der Waals surface area contributed by atoms with Gasteiger partial charge in [-0.2, -0.15) is 0 Å². The largest absolute Gasteiger partial charge is 0.479 e. The molecule has 11 heteroatoms. The summed E-state index contributed by atoms with van der Waals surface area (Å²) in [5, 5.41) is 19.9. The number of rotatable bonds is 7. The van der Waals surface area contributed by atoms with Gasteiger partial charge in [-0.25, -0.2) is 23.4 Å². The zero-order valence-electron chi connectivity index (χ0n) is 13.3. The van der Waals surface area contributed by atoms with Gasteiger partial charge in [0.15, 0.2) is 17.7 Å². The number of carbonyl (C=O) groups excluding carboxylic acids is 1. The maximum absolute atomic E-state index is 14.2. The number of aliphatic carboxylic acids is 1. The molecule has 0 spiro atoms. The number of hydrogen-bond donors (Lipinski definition) is 4. The SMILES string of the molecule is O=C(NOC[C@H](O)C(=O)O)c1ccc(F)c(F)c1Nc1ccc(I)cc1F. The van der Waals surface area contributed by atoms with Gasteiger partial charge in [-0.05, 0) is 52.9 Å². The number of halogens is 4. The van der Waals surface area contributed by atoms with Crippen LogP contribution in [0.15, 0.2) is 30.3 Å². The van der Waals surface area contributed by atoms with E-state index in [1.807, 2.05) is 22.6 Å². The summed E-state index contributed by atoms with van der Waals surface area (Å²) in [6.45, 7) is -0.779. The highest BCUT2D eigenvalue weighted by Crippen LogP contribution is 2.28. The molecule has 0 radical (unpaired) electrons. The fraction of sp³-hybridized carbons (Fsp3) is 0.125. The predicted octanol–water partition coefficient (Wildman–Crippen LogP) is 2.56. The maximum Gasteiger partial charge on any atom is 0.335 e. The van der Waals surface area contributed by atoms with Crippen molar-refractivity contribution in [3.05, 3.63) is 56.9 Å². The number of aliphatic hydroxyl groups excluding tert-OH is 1. The number of carbonyl (C=O) groups is 2. The first-order chi connectivity index (χ1) is 12.7. The molecule has 2 rings (SSSR count). The zero-order valence-corrected chi connectivity index (χ0v) is 15.5. The summed E-state index contributed by atoms with van der Waals surface area (Å²) in [6.07, 6.45) is -1.89. The standard InChI is InChI=1S/C16H12F3IN2O5/c17-9-3-2-8(15(24)22-27-6-12(23)16(25)26)14(13(9)19)21-11-4-1-7(20)5-10(11)18/h1-5,12,21,23H,6H2,(H,22,24)(H,25,26)/t12-/m0/s1. The van der Waals surface area contributed by atoms with Gasteiger partial charge in [0, 0.05) is 3.57 Å². The minimum atomic E-state index is -1.89. The van der Waals surface area contributed by atoms with Gasteiger partial charge >= 0.3 is 5.97 Å². The van der Waals surface area contributed by atoms with Gasteiger partial charge in [-0.3, -0.25) is 9.63 Å². The number of amides is 1. The van der Waals surface area contributed by atoms with E-state index in [0.717, 1.165) is 12.1 Å². The number of nitrogens with one attached hydrogen (secondary N) is 2. The molecule has 1 amide bonds. The molecule has 1 atom stereocenters. The molecule has 0 saturated heterocycles. The van der Waals surface area contributed by atoms with Crippen LogP contribution in [0.4, 0.5) is 24.5 Å².